The summed E-state index contributed by atoms with van der Waals surface area (Å²) in [6.45, 7) is 5.08. The lowest BCUT2D eigenvalue weighted by Gasteiger charge is -2.02. The van der Waals surface area contributed by atoms with Crippen molar-refractivity contribution in [2.75, 3.05) is 6.61 Å². The summed E-state index contributed by atoms with van der Waals surface area (Å²) in [6.07, 6.45) is 27.0. The van der Waals surface area contributed by atoms with Crippen LogP contribution in [0.5, 0.6) is 0 Å². The molecular weight excluding hydrogens is 320 g/mol. The summed E-state index contributed by atoms with van der Waals surface area (Å²) >= 11 is 0. The predicted octanol–water partition coefficient (Wildman–Crippen LogP) is 8.15. The van der Waals surface area contributed by atoms with Gasteiger partial charge in [0.2, 0.25) is 0 Å². The Balaban J connectivity index is 3.23. The van der Waals surface area contributed by atoms with Crippen LogP contribution in [0.4, 0.5) is 0 Å². The van der Waals surface area contributed by atoms with E-state index in [0.29, 0.717) is 6.61 Å². The molecule has 0 heterocycles. The van der Waals surface area contributed by atoms with Crippen LogP contribution in [0.15, 0.2) is 12.2 Å². The zero-order valence-corrected chi connectivity index (χ0v) is 17.9. The third kappa shape index (κ3) is 21.3. The van der Waals surface area contributed by atoms with Crippen molar-refractivity contribution in [1.29, 1.82) is 0 Å². The number of esters is 1. The number of rotatable bonds is 20. The first-order valence-electron chi connectivity index (χ1n) is 11.6. The Bertz CT molecular complexity index is 309. The molecular formula is C24H46O2. The molecule has 0 rings (SSSR count). The van der Waals surface area contributed by atoms with Gasteiger partial charge in [0.05, 0.1) is 6.61 Å². The molecule has 0 spiro atoms. The van der Waals surface area contributed by atoms with Gasteiger partial charge in [-0.2, -0.15) is 0 Å². The molecule has 0 atom stereocenters. The molecule has 0 saturated heterocycles. The number of hydrogen-bond donors (Lipinski definition) is 0. The molecule has 2 heteroatoms. The van der Waals surface area contributed by atoms with Crippen molar-refractivity contribution >= 4 is 5.97 Å². The van der Waals surface area contributed by atoms with Crippen LogP contribution >= 0.6 is 0 Å². The molecule has 0 saturated carbocycles. The van der Waals surface area contributed by atoms with E-state index in [-0.39, 0.29) is 5.97 Å². The van der Waals surface area contributed by atoms with Crippen molar-refractivity contribution in [1.82, 2.24) is 0 Å². The van der Waals surface area contributed by atoms with E-state index in [2.05, 4.69) is 13.8 Å². The van der Waals surface area contributed by atoms with Gasteiger partial charge in [-0.25, -0.2) is 4.79 Å². The molecule has 0 radical (unpaired) electrons. The third-order valence-electron chi connectivity index (χ3n) is 4.97. The normalized spacial score (nSPS) is 11.3. The van der Waals surface area contributed by atoms with Gasteiger partial charge in [-0.3, -0.25) is 0 Å². The highest BCUT2D eigenvalue weighted by atomic mass is 16.5. The Morgan fingerprint density at radius 1 is 0.615 bits per heavy atom. The molecule has 0 aliphatic heterocycles. The highest BCUT2D eigenvalue weighted by Gasteiger charge is 1.97. The maximum Gasteiger partial charge on any atom is 0.330 e. The Kier molecular flexibility index (Phi) is 21.6. The van der Waals surface area contributed by atoms with Crippen molar-refractivity contribution in [3.63, 3.8) is 0 Å². The average Bonchev–Trinajstić information content (AvgIpc) is 2.64. The fourth-order valence-corrected chi connectivity index (χ4v) is 3.21. The van der Waals surface area contributed by atoms with Crippen LogP contribution in [0.25, 0.3) is 0 Å². The van der Waals surface area contributed by atoms with E-state index in [9.17, 15) is 4.79 Å². The van der Waals surface area contributed by atoms with Crippen molar-refractivity contribution in [2.24, 2.45) is 0 Å². The van der Waals surface area contributed by atoms with E-state index in [1.807, 2.05) is 6.08 Å². The quantitative estimate of drug-likeness (QED) is 0.123. The topological polar surface area (TPSA) is 26.3 Å². The van der Waals surface area contributed by atoms with Gasteiger partial charge in [0, 0.05) is 6.08 Å². The standard InChI is InChI=1S/C24H46O2/c1-3-5-7-9-11-12-13-14-15-16-17-18-20-22-24(25)26-23-21-19-10-8-6-4-2/h20,22H,3-19,21,23H2,1-2H3. The zero-order chi connectivity index (χ0) is 19.1. The molecule has 0 bridgehead atoms. The second-order valence-electron chi connectivity index (χ2n) is 7.66. The molecule has 0 unspecified atom stereocenters. The van der Waals surface area contributed by atoms with Gasteiger partial charge in [-0.05, 0) is 19.3 Å². The molecule has 0 aromatic rings. The molecule has 0 N–H and O–H groups in total. The Labute approximate surface area is 164 Å². The van der Waals surface area contributed by atoms with Crippen LogP contribution in [-0.4, -0.2) is 12.6 Å². The first-order valence-corrected chi connectivity index (χ1v) is 11.6. The summed E-state index contributed by atoms with van der Waals surface area (Å²) in [5, 5.41) is 0. The molecule has 0 aromatic carbocycles. The number of ether oxygens (including phenoxy) is 1. The first kappa shape index (κ1) is 25.2. The van der Waals surface area contributed by atoms with Gasteiger partial charge in [0.15, 0.2) is 0 Å². The average molecular weight is 367 g/mol. The van der Waals surface area contributed by atoms with E-state index in [1.165, 1.54) is 103 Å². The predicted molar refractivity (Wildman–Crippen MR) is 115 cm³/mol. The largest absolute Gasteiger partial charge is 0.463 e. The zero-order valence-electron chi connectivity index (χ0n) is 17.9. The second-order valence-corrected chi connectivity index (χ2v) is 7.66. The highest BCUT2D eigenvalue weighted by molar-refractivity contribution is 5.81. The van der Waals surface area contributed by atoms with E-state index in [1.54, 1.807) is 6.08 Å². The molecule has 2 nitrogen and oxygen atoms in total. The molecule has 154 valence electrons. The van der Waals surface area contributed by atoms with Crippen LogP contribution in [-0.2, 0) is 9.53 Å². The van der Waals surface area contributed by atoms with Gasteiger partial charge in [0.25, 0.3) is 0 Å². The number of unbranched alkanes of at least 4 members (excludes halogenated alkanes) is 16. The summed E-state index contributed by atoms with van der Waals surface area (Å²) in [5.41, 5.74) is 0. The summed E-state index contributed by atoms with van der Waals surface area (Å²) in [7, 11) is 0. The minimum absolute atomic E-state index is 0.165. The number of allylic oxidation sites excluding steroid dienone is 1. The lowest BCUT2D eigenvalue weighted by molar-refractivity contribution is -0.137. The third-order valence-corrected chi connectivity index (χ3v) is 4.97. The summed E-state index contributed by atoms with van der Waals surface area (Å²) < 4.78 is 5.23. The van der Waals surface area contributed by atoms with E-state index >= 15 is 0 Å². The summed E-state index contributed by atoms with van der Waals surface area (Å²) in [5.74, 6) is -0.165. The highest BCUT2D eigenvalue weighted by Crippen LogP contribution is 2.12. The van der Waals surface area contributed by atoms with Gasteiger partial charge >= 0.3 is 5.97 Å². The summed E-state index contributed by atoms with van der Waals surface area (Å²) in [4.78, 5) is 11.6. The van der Waals surface area contributed by atoms with E-state index < -0.39 is 0 Å². The van der Waals surface area contributed by atoms with Gasteiger partial charge in [0.1, 0.15) is 0 Å². The van der Waals surface area contributed by atoms with E-state index in [0.717, 1.165) is 12.8 Å². The molecule has 0 aliphatic carbocycles. The van der Waals surface area contributed by atoms with Crippen molar-refractivity contribution in [3.8, 4) is 0 Å². The molecule has 0 amide bonds. The molecule has 26 heavy (non-hydrogen) atoms. The summed E-state index contributed by atoms with van der Waals surface area (Å²) in [6, 6.07) is 0. The molecule has 0 fully saturated rings. The lowest BCUT2D eigenvalue weighted by Crippen LogP contribution is -2.02. The first-order chi connectivity index (χ1) is 12.8. The van der Waals surface area contributed by atoms with Gasteiger partial charge in [-0.1, -0.05) is 116 Å². The smallest absolute Gasteiger partial charge is 0.330 e. The van der Waals surface area contributed by atoms with Crippen LogP contribution in [0.2, 0.25) is 0 Å². The van der Waals surface area contributed by atoms with Crippen molar-refractivity contribution in [2.45, 2.75) is 129 Å². The Hall–Kier alpha value is -0.790. The minimum Gasteiger partial charge on any atom is -0.463 e. The van der Waals surface area contributed by atoms with Crippen molar-refractivity contribution in [3.05, 3.63) is 12.2 Å². The maximum atomic E-state index is 11.6. The Morgan fingerprint density at radius 3 is 1.54 bits per heavy atom. The van der Waals surface area contributed by atoms with Crippen molar-refractivity contribution < 1.29 is 9.53 Å². The second kappa shape index (κ2) is 22.3. The van der Waals surface area contributed by atoms with E-state index in [4.69, 9.17) is 4.74 Å². The fourth-order valence-electron chi connectivity index (χ4n) is 3.21. The Morgan fingerprint density at radius 2 is 1.04 bits per heavy atom. The monoisotopic (exact) mass is 366 g/mol. The SMILES string of the molecule is CCCCCCCCCCCCCC=CC(=O)OCCCCCCCC. The maximum absolute atomic E-state index is 11.6. The molecule has 0 aliphatic rings. The minimum atomic E-state index is -0.165. The van der Waals surface area contributed by atoms with Crippen LogP contribution in [0, 0.1) is 0 Å². The van der Waals surface area contributed by atoms with Crippen LogP contribution in [0.3, 0.4) is 0 Å². The van der Waals surface area contributed by atoms with Gasteiger partial charge < -0.3 is 4.74 Å². The number of carbonyl (C=O) groups is 1. The van der Waals surface area contributed by atoms with Crippen LogP contribution < -0.4 is 0 Å². The van der Waals surface area contributed by atoms with Gasteiger partial charge in [-0.15, -0.1) is 0 Å². The lowest BCUT2D eigenvalue weighted by atomic mass is 10.1. The fraction of sp³-hybridized carbons (Fsp3) is 0.875. The van der Waals surface area contributed by atoms with Crippen LogP contribution in [0.1, 0.15) is 129 Å². The molecule has 0 aromatic heterocycles. The number of carbonyl (C=O) groups excluding carboxylic acids is 1. The number of hydrogen-bond acceptors (Lipinski definition) is 2.